The minimum atomic E-state index is -1.22. The fraction of sp³-hybridized carbons (Fsp3) is 0.111. The zero-order valence-corrected chi connectivity index (χ0v) is 15.1. The summed E-state index contributed by atoms with van der Waals surface area (Å²) in [5.74, 6) is -1.83. The van der Waals surface area contributed by atoms with E-state index in [1.165, 1.54) is 6.20 Å². The van der Waals surface area contributed by atoms with Gasteiger partial charge < -0.3 is 19.9 Å². The molecule has 9 heteroatoms. The Morgan fingerprint density at radius 2 is 2.00 bits per heavy atom. The molecule has 1 aromatic heterocycles. The van der Waals surface area contributed by atoms with E-state index in [4.69, 9.17) is 9.47 Å². The molecular formula is C18H11BrF2N2O4. The summed E-state index contributed by atoms with van der Waals surface area (Å²) in [7, 11) is 0. The monoisotopic (exact) mass is 436 g/mol. The number of ether oxygens (including phenoxy) is 2. The minimum Gasteiger partial charge on any atom is -0.478 e. The molecule has 0 radical (unpaired) electrons. The number of benzene rings is 2. The first-order valence-corrected chi connectivity index (χ1v) is 8.57. The highest BCUT2D eigenvalue weighted by Crippen LogP contribution is 2.41. The van der Waals surface area contributed by atoms with Crippen molar-refractivity contribution in [3.63, 3.8) is 0 Å². The fourth-order valence-corrected chi connectivity index (χ4v) is 3.30. The van der Waals surface area contributed by atoms with Gasteiger partial charge in [-0.3, -0.25) is 4.98 Å². The van der Waals surface area contributed by atoms with Gasteiger partial charge in [0, 0.05) is 28.2 Å². The van der Waals surface area contributed by atoms with E-state index in [0.717, 1.165) is 12.1 Å². The number of halogens is 3. The average Bonchev–Trinajstić information content (AvgIpc) is 3.09. The maximum atomic E-state index is 14.1. The van der Waals surface area contributed by atoms with Crippen LogP contribution in [0.25, 0.3) is 10.9 Å². The van der Waals surface area contributed by atoms with Gasteiger partial charge in [-0.2, -0.15) is 0 Å². The molecule has 0 fully saturated rings. The molecule has 0 bridgehead atoms. The number of fused-ring (bicyclic) bond motifs is 3. The molecule has 1 aliphatic rings. The summed E-state index contributed by atoms with van der Waals surface area (Å²) in [5.41, 5.74) is 0.251. The Labute approximate surface area is 159 Å². The summed E-state index contributed by atoms with van der Waals surface area (Å²) in [5, 5.41) is 12.7. The first kappa shape index (κ1) is 17.5. The van der Waals surface area contributed by atoms with Gasteiger partial charge in [0.15, 0.2) is 11.5 Å². The summed E-state index contributed by atoms with van der Waals surface area (Å²) in [4.78, 5) is 15.8. The largest absolute Gasteiger partial charge is 0.478 e. The van der Waals surface area contributed by atoms with Gasteiger partial charge in [-0.25, -0.2) is 13.6 Å². The number of hydrogen-bond donors (Lipinski definition) is 2. The van der Waals surface area contributed by atoms with Crippen LogP contribution in [0.15, 0.2) is 34.9 Å². The third kappa shape index (κ3) is 3.03. The van der Waals surface area contributed by atoms with Crippen LogP contribution < -0.4 is 14.8 Å². The minimum absolute atomic E-state index is 0.0366. The van der Waals surface area contributed by atoms with Gasteiger partial charge in [0.2, 0.25) is 6.79 Å². The third-order valence-electron chi connectivity index (χ3n) is 4.15. The van der Waals surface area contributed by atoms with Gasteiger partial charge in [-0.15, -0.1) is 0 Å². The molecule has 0 unspecified atom stereocenters. The molecule has 2 N–H and O–H groups in total. The Morgan fingerprint density at radius 3 is 2.70 bits per heavy atom. The summed E-state index contributed by atoms with van der Waals surface area (Å²) in [6.07, 6.45) is 1.17. The molecule has 2 aromatic carbocycles. The molecule has 2 heterocycles. The highest BCUT2D eigenvalue weighted by molar-refractivity contribution is 9.10. The van der Waals surface area contributed by atoms with Crippen LogP contribution in [0.2, 0.25) is 0 Å². The number of nitrogens with one attached hydrogen (secondary N) is 1. The highest BCUT2D eigenvalue weighted by atomic mass is 79.9. The lowest BCUT2D eigenvalue weighted by Crippen LogP contribution is -2.10. The number of rotatable bonds is 4. The SMILES string of the molecule is O=C(O)c1cnc2c3c(ccc2c1NCc1c(F)cc(Br)cc1F)OCO3. The lowest BCUT2D eigenvalue weighted by Gasteiger charge is -2.14. The van der Waals surface area contributed by atoms with E-state index in [1.807, 2.05) is 0 Å². The second kappa shape index (κ2) is 6.66. The number of aromatic nitrogens is 1. The molecule has 27 heavy (non-hydrogen) atoms. The van der Waals surface area contributed by atoms with Crippen molar-refractivity contribution < 1.29 is 28.2 Å². The Balaban J connectivity index is 1.80. The van der Waals surface area contributed by atoms with Crippen LogP contribution >= 0.6 is 15.9 Å². The van der Waals surface area contributed by atoms with Crippen LogP contribution in [0.3, 0.4) is 0 Å². The summed E-state index contributed by atoms with van der Waals surface area (Å²) >= 11 is 3.02. The molecule has 4 rings (SSSR count). The molecule has 1 aliphatic heterocycles. The number of hydrogen-bond acceptors (Lipinski definition) is 5. The number of carbonyl (C=O) groups is 1. The van der Waals surface area contributed by atoms with Crippen molar-refractivity contribution in [1.82, 2.24) is 4.98 Å². The number of pyridine rings is 1. The molecule has 0 amide bonds. The average molecular weight is 437 g/mol. The summed E-state index contributed by atoms with van der Waals surface area (Å²) < 4.78 is 39.1. The van der Waals surface area contributed by atoms with Gasteiger partial charge in [-0.05, 0) is 24.3 Å². The molecule has 0 saturated heterocycles. The third-order valence-corrected chi connectivity index (χ3v) is 4.61. The van der Waals surface area contributed by atoms with Crippen molar-refractivity contribution in [2.45, 2.75) is 6.54 Å². The lowest BCUT2D eigenvalue weighted by atomic mass is 10.1. The van der Waals surface area contributed by atoms with E-state index in [0.29, 0.717) is 22.4 Å². The quantitative estimate of drug-likeness (QED) is 0.633. The Kier molecular flexibility index (Phi) is 4.31. The summed E-state index contributed by atoms with van der Waals surface area (Å²) in [6.45, 7) is -0.215. The lowest BCUT2D eigenvalue weighted by molar-refractivity contribution is 0.0697. The fourth-order valence-electron chi connectivity index (χ4n) is 2.90. The number of aromatic carboxylic acids is 1. The van der Waals surface area contributed by atoms with Crippen molar-refractivity contribution in [2.24, 2.45) is 0 Å². The summed E-state index contributed by atoms with van der Waals surface area (Å²) in [6, 6.07) is 5.53. The van der Waals surface area contributed by atoms with Gasteiger partial charge in [-0.1, -0.05) is 15.9 Å². The number of carboxylic acids is 1. The van der Waals surface area contributed by atoms with Crippen molar-refractivity contribution >= 4 is 38.5 Å². The van der Waals surface area contributed by atoms with Gasteiger partial charge in [0.25, 0.3) is 0 Å². The van der Waals surface area contributed by atoms with Crippen LogP contribution in [0, 0.1) is 11.6 Å². The van der Waals surface area contributed by atoms with E-state index in [9.17, 15) is 18.7 Å². The predicted molar refractivity (Wildman–Crippen MR) is 96.2 cm³/mol. The number of nitrogens with zero attached hydrogens (tertiary/aromatic N) is 1. The molecule has 0 spiro atoms. The molecular weight excluding hydrogens is 426 g/mol. The van der Waals surface area contributed by atoms with Crippen molar-refractivity contribution in [2.75, 3.05) is 12.1 Å². The van der Waals surface area contributed by atoms with E-state index < -0.39 is 17.6 Å². The Bertz CT molecular complexity index is 1070. The van der Waals surface area contributed by atoms with E-state index >= 15 is 0 Å². The second-order valence-corrected chi connectivity index (χ2v) is 6.66. The van der Waals surface area contributed by atoms with Crippen LogP contribution in [-0.4, -0.2) is 22.9 Å². The Morgan fingerprint density at radius 1 is 1.26 bits per heavy atom. The van der Waals surface area contributed by atoms with Crippen LogP contribution in [0.5, 0.6) is 11.5 Å². The Hall–Kier alpha value is -2.94. The maximum Gasteiger partial charge on any atom is 0.339 e. The first-order valence-electron chi connectivity index (χ1n) is 7.77. The zero-order valence-electron chi connectivity index (χ0n) is 13.6. The molecule has 6 nitrogen and oxygen atoms in total. The molecule has 0 aliphatic carbocycles. The standard InChI is InChI=1S/C18H11BrF2N2O4/c19-8-3-12(20)10(13(21)4-8)5-22-15-9-1-2-14-17(27-7-26-14)16(9)23-6-11(15)18(24)25/h1-4,6H,5,7H2,(H,22,23)(H,24,25). The van der Waals surface area contributed by atoms with Crippen molar-refractivity contribution in [1.29, 1.82) is 0 Å². The highest BCUT2D eigenvalue weighted by Gasteiger charge is 2.23. The van der Waals surface area contributed by atoms with Crippen LogP contribution in [0.1, 0.15) is 15.9 Å². The van der Waals surface area contributed by atoms with E-state index in [1.54, 1.807) is 12.1 Å². The molecule has 0 atom stereocenters. The van der Waals surface area contributed by atoms with Crippen LogP contribution in [0.4, 0.5) is 14.5 Å². The topological polar surface area (TPSA) is 80.7 Å². The normalized spacial score (nSPS) is 12.4. The van der Waals surface area contributed by atoms with E-state index in [2.05, 4.69) is 26.2 Å². The van der Waals surface area contributed by atoms with Crippen molar-refractivity contribution in [3.8, 4) is 11.5 Å². The molecule has 0 saturated carbocycles. The molecule has 3 aromatic rings. The van der Waals surface area contributed by atoms with Gasteiger partial charge in [0.05, 0.1) is 5.69 Å². The van der Waals surface area contributed by atoms with Crippen LogP contribution in [-0.2, 0) is 6.54 Å². The first-order chi connectivity index (χ1) is 13.0. The predicted octanol–water partition coefficient (Wildman–Crippen LogP) is 4.31. The van der Waals surface area contributed by atoms with Gasteiger partial charge >= 0.3 is 5.97 Å². The smallest absolute Gasteiger partial charge is 0.339 e. The second-order valence-electron chi connectivity index (χ2n) is 5.75. The molecule has 138 valence electrons. The maximum absolute atomic E-state index is 14.1. The number of carboxylic acid groups (broad SMARTS) is 1. The van der Waals surface area contributed by atoms with Gasteiger partial charge in [0.1, 0.15) is 22.7 Å². The number of anilines is 1. The zero-order chi connectivity index (χ0) is 19.1. The van der Waals surface area contributed by atoms with E-state index in [-0.39, 0.29) is 34.6 Å². The van der Waals surface area contributed by atoms with Crippen molar-refractivity contribution in [3.05, 3.63) is 57.7 Å².